The van der Waals surface area contributed by atoms with Crippen molar-refractivity contribution in [1.29, 1.82) is 0 Å². The average molecular weight is 186 g/mol. The minimum Gasteiger partial charge on any atom is -0.507 e. The molecule has 1 rings (SSSR count). The van der Waals surface area contributed by atoms with Crippen molar-refractivity contribution < 1.29 is 9.90 Å². The molecular weight excluding hydrogens is 178 g/mol. The van der Waals surface area contributed by atoms with Crippen LogP contribution < -0.4 is 5.32 Å². The van der Waals surface area contributed by atoms with Gasteiger partial charge >= 0.3 is 0 Å². The molecule has 2 N–H and O–H groups in total. The van der Waals surface area contributed by atoms with E-state index in [4.69, 9.17) is 11.6 Å². The Labute approximate surface area is 75.0 Å². The molecule has 3 nitrogen and oxygen atoms in total. The Hall–Kier alpha value is -1.22. The molecule has 0 radical (unpaired) electrons. The van der Waals surface area contributed by atoms with Gasteiger partial charge in [-0.3, -0.25) is 4.79 Å². The number of nitrogens with one attached hydrogen (secondary N) is 1. The largest absolute Gasteiger partial charge is 0.507 e. The topological polar surface area (TPSA) is 49.3 Å². The predicted octanol–water partition coefficient (Wildman–Crippen LogP) is 1.41. The molecule has 0 aliphatic carbocycles. The van der Waals surface area contributed by atoms with Gasteiger partial charge < -0.3 is 10.4 Å². The zero-order valence-electron chi connectivity index (χ0n) is 6.47. The predicted molar refractivity (Wildman–Crippen MR) is 46.5 cm³/mol. The summed E-state index contributed by atoms with van der Waals surface area (Å²) in [6, 6.07) is 4.53. The summed E-state index contributed by atoms with van der Waals surface area (Å²) in [7, 11) is 1.48. The van der Waals surface area contributed by atoms with Gasteiger partial charge in [0, 0.05) is 7.05 Å². The number of amides is 1. The third kappa shape index (κ3) is 1.51. The van der Waals surface area contributed by atoms with Crippen LogP contribution in [0.15, 0.2) is 18.2 Å². The molecule has 64 valence electrons. The maximum Gasteiger partial charge on any atom is 0.256 e. The molecule has 1 aromatic rings. The van der Waals surface area contributed by atoms with Crippen molar-refractivity contribution in [3.8, 4) is 5.75 Å². The molecule has 0 heterocycles. The van der Waals surface area contributed by atoms with E-state index in [9.17, 15) is 9.90 Å². The number of hydrogen-bond acceptors (Lipinski definition) is 2. The minimum absolute atomic E-state index is 0.109. The van der Waals surface area contributed by atoms with Crippen LogP contribution in [0.4, 0.5) is 0 Å². The first-order chi connectivity index (χ1) is 5.66. The second-order valence-corrected chi connectivity index (χ2v) is 2.62. The molecule has 12 heavy (non-hydrogen) atoms. The number of benzene rings is 1. The van der Waals surface area contributed by atoms with E-state index in [0.29, 0.717) is 0 Å². The zero-order valence-corrected chi connectivity index (χ0v) is 7.22. The van der Waals surface area contributed by atoms with Crippen LogP contribution in [0.5, 0.6) is 5.75 Å². The fourth-order valence-electron chi connectivity index (χ4n) is 0.863. The summed E-state index contributed by atoms with van der Waals surface area (Å²) in [6.07, 6.45) is 0. The fraction of sp³-hybridized carbons (Fsp3) is 0.125. The van der Waals surface area contributed by atoms with E-state index in [1.54, 1.807) is 12.1 Å². The van der Waals surface area contributed by atoms with E-state index in [-0.39, 0.29) is 16.3 Å². The van der Waals surface area contributed by atoms with Crippen molar-refractivity contribution in [3.05, 3.63) is 28.8 Å². The highest BCUT2D eigenvalue weighted by molar-refractivity contribution is 6.34. The molecule has 4 heteroatoms. The molecule has 0 aliphatic heterocycles. The summed E-state index contributed by atoms with van der Waals surface area (Å²) in [5.41, 5.74) is 0.113. The first-order valence-corrected chi connectivity index (χ1v) is 3.74. The number of phenolic OH excluding ortho intramolecular Hbond substituents is 1. The number of rotatable bonds is 1. The molecule has 1 aromatic carbocycles. The van der Waals surface area contributed by atoms with Gasteiger partial charge in [0.2, 0.25) is 0 Å². The normalized spacial score (nSPS) is 9.50. The van der Waals surface area contributed by atoms with Gasteiger partial charge in [0.15, 0.2) is 0 Å². The fourth-order valence-corrected chi connectivity index (χ4v) is 1.12. The van der Waals surface area contributed by atoms with Crippen molar-refractivity contribution in [3.63, 3.8) is 0 Å². The van der Waals surface area contributed by atoms with Crippen LogP contribution in [0.3, 0.4) is 0 Å². The monoisotopic (exact) mass is 185 g/mol. The standard InChI is InChI=1S/C8H8ClNO2/c1-10-8(12)7-5(9)3-2-4-6(7)11/h2-4,11H,1H3,(H,10,12). The van der Waals surface area contributed by atoms with Gasteiger partial charge in [0.05, 0.1) is 10.6 Å². The number of phenols is 1. The van der Waals surface area contributed by atoms with Gasteiger partial charge in [-0.05, 0) is 12.1 Å². The van der Waals surface area contributed by atoms with E-state index in [1.807, 2.05) is 0 Å². The Morgan fingerprint density at radius 2 is 2.25 bits per heavy atom. The highest BCUT2D eigenvalue weighted by Crippen LogP contribution is 2.24. The number of aromatic hydroxyl groups is 1. The van der Waals surface area contributed by atoms with Gasteiger partial charge in [-0.25, -0.2) is 0 Å². The summed E-state index contributed by atoms with van der Waals surface area (Å²) in [6.45, 7) is 0. The highest BCUT2D eigenvalue weighted by atomic mass is 35.5. The summed E-state index contributed by atoms with van der Waals surface area (Å²) < 4.78 is 0. The summed E-state index contributed by atoms with van der Waals surface area (Å²) in [5.74, 6) is -0.500. The maximum atomic E-state index is 11.1. The van der Waals surface area contributed by atoms with E-state index in [1.165, 1.54) is 13.1 Å². The Balaban J connectivity index is 3.21. The molecule has 0 saturated heterocycles. The van der Waals surface area contributed by atoms with Crippen molar-refractivity contribution >= 4 is 17.5 Å². The summed E-state index contributed by atoms with van der Waals surface area (Å²) in [5, 5.41) is 11.9. The first kappa shape index (κ1) is 8.87. The van der Waals surface area contributed by atoms with Crippen LogP contribution in [0.25, 0.3) is 0 Å². The number of halogens is 1. The zero-order chi connectivity index (χ0) is 9.14. The molecular formula is C8H8ClNO2. The van der Waals surface area contributed by atoms with Crippen molar-refractivity contribution in [2.24, 2.45) is 0 Å². The molecule has 0 unspecified atom stereocenters. The van der Waals surface area contributed by atoms with Gasteiger partial charge in [0.25, 0.3) is 5.91 Å². The third-order valence-corrected chi connectivity index (χ3v) is 1.76. The third-order valence-electron chi connectivity index (χ3n) is 1.45. The van der Waals surface area contributed by atoms with E-state index in [0.717, 1.165) is 0 Å². The van der Waals surface area contributed by atoms with Crippen LogP contribution in [0, 0.1) is 0 Å². The first-order valence-electron chi connectivity index (χ1n) is 3.36. The van der Waals surface area contributed by atoms with Crippen LogP contribution in [-0.2, 0) is 0 Å². The molecule has 0 fully saturated rings. The smallest absolute Gasteiger partial charge is 0.256 e. The lowest BCUT2D eigenvalue weighted by molar-refractivity contribution is 0.0960. The Morgan fingerprint density at radius 1 is 1.58 bits per heavy atom. The number of hydrogen-bond donors (Lipinski definition) is 2. The van der Waals surface area contributed by atoms with Crippen LogP contribution in [0.2, 0.25) is 5.02 Å². The number of carbonyl (C=O) groups excluding carboxylic acids is 1. The Kier molecular flexibility index (Phi) is 2.55. The van der Waals surface area contributed by atoms with E-state index in [2.05, 4.69) is 5.32 Å². The molecule has 1 amide bonds. The molecule has 0 aromatic heterocycles. The second kappa shape index (κ2) is 3.45. The molecule has 0 aliphatic rings. The van der Waals surface area contributed by atoms with Gasteiger partial charge in [-0.1, -0.05) is 17.7 Å². The lowest BCUT2D eigenvalue weighted by Gasteiger charge is -2.03. The van der Waals surface area contributed by atoms with Crippen molar-refractivity contribution in [1.82, 2.24) is 5.32 Å². The quantitative estimate of drug-likeness (QED) is 0.695. The van der Waals surface area contributed by atoms with Gasteiger partial charge in [0.1, 0.15) is 5.75 Å². The Morgan fingerprint density at radius 3 is 2.75 bits per heavy atom. The van der Waals surface area contributed by atoms with Crippen LogP contribution in [-0.4, -0.2) is 18.1 Å². The maximum absolute atomic E-state index is 11.1. The SMILES string of the molecule is CNC(=O)c1c(O)cccc1Cl. The summed E-state index contributed by atoms with van der Waals surface area (Å²) >= 11 is 5.68. The summed E-state index contributed by atoms with van der Waals surface area (Å²) in [4.78, 5) is 11.1. The minimum atomic E-state index is -0.391. The van der Waals surface area contributed by atoms with Gasteiger partial charge in [-0.2, -0.15) is 0 Å². The van der Waals surface area contributed by atoms with Crippen molar-refractivity contribution in [2.45, 2.75) is 0 Å². The Bertz CT molecular complexity index is 292. The van der Waals surface area contributed by atoms with Crippen LogP contribution in [0.1, 0.15) is 10.4 Å². The van der Waals surface area contributed by atoms with E-state index < -0.39 is 5.91 Å². The van der Waals surface area contributed by atoms with Crippen LogP contribution >= 0.6 is 11.6 Å². The molecule has 0 spiro atoms. The van der Waals surface area contributed by atoms with Gasteiger partial charge in [-0.15, -0.1) is 0 Å². The lowest BCUT2D eigenvalue weighted by atomic mass is 10.2. The second-order valence-electron chi connectivity index (χ2n) is 2.21. The molecule has 0 saturated carbocycles. The van der Waals surface area contributed by atoms with E-state index >= 15 is 0 Å². The average Bonchev–Trinajstić information content (AvgIpc) is 2.03. The number of carbonyl (C=O) groups is 1. The molecule has 0 bridgehead atoms. The highest BCUT2D eigenvalue weighted by Gasteiger charge is 2.12. The van der Waals surface area contributed by atoms with Crippen molar-refractivity contribution in [2.75, 3.05) is 7.05 Å². The lowest BCUT2D eigenvalue weighted by Crippen LogP contribution is -2.18. The molecule has 0 atom stereocenters.